The summed E-state index contributed by atoms with van der Waals surface area (Å²) in [6.45, 7) is 10.9. The first kappa shape index (κ1) is 52.8. The Morgan fingerprint density at radius 2 is 1.44 bits per heavy atom. The molecule has 0 spiro atoms. The van der Waals surface area contributed by atoms with Gasteiger partial charge in [-0.05, 0) is 68.7 Å². The molecule has 2 saturated heterocycles. The summed E-state index contributed by atoms with van der Waals surface area (Å²) in [5, 5.41) is 29.0. The lowest BCUT2D eigenvalue weighted by atomic mass is 9.44. The summed E-state index contributed by atoms with van der Waals surface area (Å²) in [6, 6.07) is 22.5. The molecule has 5 aliphatic rings. The highest BCUT2D eigenvalue weighted by molar-refractivity contribution is 5.96. The minimum atomic E-state index is -2.49. The van der Waals surface area contributed by atoms with Gasteiger partial charge in [0.15, 0.2) is 23.3 Å². The second-order valence-electron chi connectivity index (χ2n) is 20.5. The number of Topliss-reactive ketones (excluding diaryl/α,β-unsaturated/α-hetero) is 1. The van der Waals surface area contributed by atoms with E-state index in [9.17, 15) is 34.2 Å². The van der Waals surface area contributed by atoms with Crippen LogP contribution in [0.15, 0.2) is 102 Å². The molecule has 2 aliphatic heterocycles. The lowest BCUT2D eigenvalue weighted by Crippen LogP contribution is -2.82. The van der Waals surface area contributed by atoms with Gasteiger partial charge in [0.2, 0.25) is 6.10 Å². The highest BCUT2D eigenvalue weighted by Gasteiger charge is 2.78. The predicted molar refractivity (Wildman–Crippen MR) is 253 cm³/mol. The van der Waals surface area contributed by atoms with Crippen molar-refractivity contribution in [2.45, 2.75) is 134 Å². The summed E-state index contributed by atoms with van der Waals surface area (Å²) in [7, 11) is 0. The Kier molecular flexibility index (Phi) is 14.5. The number of fused-ring (bicyclic) bond motifs is 5. The van der Waals surface area contributed by atoms with E-state index in [1.165, 1.54) is 38.1 Å². The van der Waals surface area contributed by atoms with Gasteiger partial charge in [-0.2, -0.15) is 0 Å². The maximum Gasteiger partial charge on any atom is 0.509 e. The Bertz CT molecular complexity index is 2660. The van der Waals surface area contributed by atoms with Crippen LogP contribution in [-0.2, 0) is 61.8 Å². The average molecular weight is 1010 g/mol. The molecule has 3 aliphatic carbocycles. The molecule has 19 nitrogen and oxygen atoms in total. The molecule has 3 aromatic rings. The van der Waals surface area contributed by atoms with Crippen molar-refractivity contribution in [2.75, 3.05) is 19.8 Å². The summed E-state index contributed by atoms with van der Waals surface area (Å²) in [5.74, 6) is -8.14. The van der Waals surface area contributed by atoms with Gasteiger partial charge in [0.1, 0.15) is 42.7 Å². The molecule has 3 N–H and O–H groups in total. The topological polar surface area (TPSA) is 255 Å². The van der Waals surface area contributed by atoms with Crippen LogP contribution in [0.2, 0.25) is 0 Å². The second kappa shape index (κ2) is 20.1. The number of amides is 1. The van der Waals surface area contributed by atoms with Crippen LogP contribution in [0.3, 0.4) is 0 Å². The molecular formula is C54H61NO18. The van der Waals surface area contributed by atoms with Crippen molar-refractivity contribution in [3.05, 3.63) is 119 Å². The van der Waals surface area contributed by atoms with E-state index in [0.29, 0.717) is 0 Å². The summed E-state index contributed by atoms with van der Waals surface area (Å²) in [5.41, 5.74) is -7.61. The number of aliphatic hydroxyl groups excluding tert-OH is 1. The smallest absolute Gasteiger partial charge is 0.455 e. The van der Waals surface area contributed by atoms with Crippen LogP contribution in [-0.4, -0.2) is 131 Å². The molecule has 0 aromatic heterocycles. The fraction of sp³-hybridized carbons (Fsp3) is 0.500. The number of carbonyl (C=O) groups is 7. The zero-order valence-electron chi connectivity index (χ0n) is 41.8. The molecule has 390 valence electrons. The molecule has 19 heteroatoms. The van der Waals surface area contributed by atoms with Gasteiger partial charge in [0.25, 0.3) is 5.91 Å². The zero-order chi connectivity index (χ0) is 52.8. The highest BCUT2D eigenvalue weighted by atomic mass is 16.8. The molecular weight excluding hydrogens is 951 g/mol. The Labute approximate surface area is 421 Å². The second-order valence-corrected chi connectivity index (χ2v) is 20.5. The number of aliphatic hydroxyl groups is 2. The van der Waals surface area contributed by atoms with Crippen molar-refractivity contribution in [3.63, 3.8) is 0 Å². The van der Waals surface area contributed by atoms with Crippen molar-refractivity contribution < 1.29 is 86.4 Å². The Balaban J connectivity index is 1.27. The lowest BCUT2D eigenvalue weighted by molar-refractivity contribution is -0.346. The number of nitrogens with one attached hydrogen (secondary N) is 1. The average Bonchev–Trinajstić information content (AvgIpc) is 3.71. The van der Waals surface area contributed by atoms with Crippen molar-refractivity contribution in [1.29, 1.82) is 0 Å². The van der Waals surface area contributed by atoms with Gasteiger partial charge < -0.3 is 58.2 Å². The normalized spacial score (nSPS) is 31.5. The van der Waals surface area contributed by atoms with Crippen LogP contribution in [0, 0.1) is 16.7 Å². The standard InChI is InChI=1S/C54H61NO18/c1-29-36(69-48(62)42(70-49(63)65-26-35-27-67-51(6,7)73-35)40(32-18-12-9-13-19-32)55-46(60)33-20-14-10-15-21-33)25-54(64)45(71-47(61)34-22-16-11-17-23-34)43-52(8,37(58)24-38-53(43,28-66-38)72-31(3)57)44(59)41(68-30(2)56)39(29)50(54,4)5/h9-23,35-38,40-43,45,58,64H,24-28H2,1-8H3,(H,55,60)/t35-,36-,37-,38+,40-,41+,42+,43-,45-,52+,53-,54+/m0/s1. The SMILES string of the molecule is CC(=O)O[C@H]1C(=O)[C@@]2(C)[C@H]([C@H](OC(=O)c3ccccc3)[C@]3(O)C[C@H](OC(=O)[C@H](OC(=O)OC[C@H]4COC(C)(C)O4)[C@@H](NC(=O)c4ccccc4)c4ccccc4)C(C)=C1C3(C)C)[C@]1(OC(C)=O)CO[C@@H]1C[C@@H]2O. The van der Waals surface area contributed by atoms with Gasteiger partial charge >= 0.3 is 30.0 Å². The minimum absolute atomic E-state index is 0.0360. The summed E-state index contributed by atoms with van der Waals surface area (Å²) in [6.07, 6.45) is -13.1. The number of ketones is 1. The molecule has 0 unspecified atom stereocenters. The predicted octanol–water partition coefficient (Wildman–Crippen LogP) is 5.05. The van der Waals surface area contributed by atoms with Gasteiger partial charge in [-0.25, -0.2) is 14.4 Å². The maximum absolute atomic E-state index is 15.7. The van der Waals surface area contributed by atoms with Gasteiger partial charge in [-0.15, -0.1) is 0 Å². The van der Waals surface area contributed by atoms with Crippen LogP contribution in [0.25, 0.3) is 0 Å². The van der Waals surface area contributed by atoms with Crippen LogP contribution in [0.4, 0.5) is 4.79 Å². The molecule has 2 heterocycles. The molecule has 2 bridgehead atoms. The maximum atomic E-state index is 15.7. The first-order valence-electron chi connectivity index (χ1n) is 24.1. The first-order valence-corrected chi connectivity index (χ1v) is 24.1. The largest absolute Gasteiger partial charge is 0.509 e. The number of rotatable bonds is 13. The van der Waals surface area contributed by atoms with E-state index in [1.54, 1.807) is 94.4 Å². The van der Waals surface area contributed by atoms with Crippen molar-refractivity contribution >= 4 is 41.7 Å². The summed E-state index contributed by atoms with van der Waals surface area (Å²) >= 11 is 0. The van der Waals surface area contributed by atoms with E-state index >= 15 is 9.59 Å². The van der Waals surface area contributed by atoms with Crippen molar-refractivity contribution in [3.8, 4) is 0 Å². The number of hydrogen-bond donors (Lipinski definition) is 3. The van der Waals surface area contributed by atoms with Gasteiger partial charge in [-0.1, -0.05) is 80.6 Å². The number of carbonyl (C=O) groups excluding carboxylic acids is 7. The van der Waals surface area contributed by atoms with Gasteiger partial charge in [0.05, 0.1) is 36.2 Å². The molecule has 73 heavy (non-hydrogen) atoms. The molecule has 4 fully saturated rings. The Morgan fingerprint density at radius 1 is 0.822 bits per heavy atom. The lowest BCUT2D eigenvalue weighted by Gasteiger charge is -2.67. The highest BCUT2D eigenvalue weighted by Crippen LogP contribution is 2.64. The number of esters is 4. The van der Waals surface area contributed by atoms with E-state index < -0.39 is 131 Å². The van der Waals surface area contributed by atoms with Gasteiger partial charge in [-0.3, -0.25) is 19.2 Å². The molecule has 8 rings (SSSR count). The van der Waals surface area contributed by atoms with Crippen LogP contribution < -0.4 is 5.32 Å². The first-order chi connectivity index (χ1) is 34.4. The Hall–Kier alpha value is -6.51. The van der Waals surface area contributed by atoms with Crippen LogP contribution in [0.5, 0.6) is 0 Å². The molecule has 3 aromatic carbocycles. The zero-order valence-corrected chi connectivity index (χ0v) is 41.8. The summed E-state index contributed by atoms with van der Waals surface area (Å²) in [4.78, 5) is 99.7. The van der Waals surface area contributed by atoms with E-state index in [1.807, 2.05) is 0 Å². The minimum Gasteiger partial charge on any atom is -0.455 e. The monoisotopic (exact) mass is 1010 g/mol. The number of ether oxygens (including phenoxy) is 9. The molecule has 2 saturated carbocycles. The van der Waals surface area contributed by atoms with Gasteiger partial charge in [0, 0.05) is 37.7 Å². The van der Waals surface area contributed by atoms with E-state index in [2.05, 4.69) is 5.32 Å². The quantitative estimate of drug-likeness (QED) is 0.115. The van der Waals surface area contributed by atoms with Crippen LogP contribution >= 0.6 is 0 Å². The van der Waals surface area contributed by atoms with E-state index in [4.69, 9.17) is 42.6 Å². The third-order valence-electron chi connectivity index (χ3n) is 15.1. The third kappa shape index (κ3) is 9.76. The van der Waals surface area contributed by atoms with E-state index in [-0.39, 0.29) is 54.1 Å². The van der Waals surface area contributed by atoms with Crippen molar-refractivity contribution in [2.24, 2.45) is 16.7 Å². The molecule has 0 radical (unpaired) electrons. The fourth-order valence-electron chi connectivity index (χ4n) is 11.4. The number of benzene rings is 3. The fourth-order valence-corrected chi connectivity index (χ4v) is 11.4. The van der Waals surface area contributed by atoms with Crippen LogP contribution in [0.1, 0.15) is 101 Å². The third-order valence-corrected chi connectivity index (χ3v) is 15.1. The molecule has 1 amide bonds. The van der Waals surface area contributed by atoms with E-state index in [0.717, 1.165) is 13.8 Å². The summed E-state index contributed by atoms with van der Waals surface area (Å²) < 4.78 is 53.5. The van der Waals surface area contributed by atoms with Crippen molar-refractivity contribution in [1.82, 2.24) is 5.32 Å². The Morgan fingerprint density at radius 3 is 2.00 bits per heavy atom. The number of hydrogen-bond acceptors (Lipinski definition) is 18. The molecule has 12 atom stereocenters.